The molecule has 34 heavy (non-hydrogen) atoms. The summed E-state index contributed by atoms with van der Waals surface area (Å²) < 4.78 is 0. The van der Waals surface area contributed by atoms with Crippen molar-refractivity contribution < 1.29 is 9.90 Å². The Morgan fingerprint density at radius 1 is 1.15 bits per heavy atom. The number of H-pyrrole nitrogens is 1. The number of nitriles is 2. The monoisotopic (exact) mass is 453 g/mol. The van der Waals surface area contributed by atoms with E-state index in [1.165, 1.54) is 0 Å². The summed E-state index contributed by atoms with van der Waals surface area (Å²) in [7, 11) is 0. The van der Waals surface area contributed by atoms with Crippen LogP contribution in [0.5, 0.6) is 0 Å². The third-order valence-electron chi connectivity index (χ3n) is 6.60. The van der Waals surface area contributed by atoms with E-state index in [9.17, 15) is 15.2 Å². The molecule has 172 valence electrons. The average Bonchev–Trinajstić information content (AvgIpc) is 3.23. The van der Waals surface area contributed by atoms with E-state index in [4.69, 9.17) is 5.26 Å². The number of aliphatic hydroxyl groups excluding tert-OH is 1. The molecule has 2 aromatic carbocycles. The van der Waals surface area contributed by atoms with Gasteiger partial charge in [0, 0.05) is 35.5 Å². The molecule has 0 unspecified atom stereocenters. The highest BCUT2D eigenvalue weighted by Crippen LogP contribution is 2.33. The van der Waals surface area contributed by atoms with Crippen molar-refractivity contribution in [2.45, 2.75) is 39.0 Å². The Bertz CT molecular complexity index is 1330. The predicted molar refractivity (Wildman–Crippen MR) is 128 cm³/mol. The fourth-order valence-corrected chi connectivity index (χ4v) is 4.25. The zero-order chi connectivity index (χ0) is 24.6. The van der Waals surface area contributed by atoms with E-state index < -0.39 is 5.41 Å². The zero-order valence-corrected chi connectivity index (χ0v) is 19.8. The summed E-state index contributed by atoms with van der Waals surface area (Å²) in [5.41, 5.74) is 5.08. The molecule has 0 bridgehead atoms. The van der Waals surface area contributed by atoms with Crippen LogP contribution >= 0.6 is 0 Å². The largest absolute Gasteiger partial charge is 0.395 e. The van der Waals surface area contributed by atoms with Gasteiger partial charge in [0.15, 0.2) is 5.69 Å². The molecule has 0 radical (unpaired) electrons. The van der Waals surface area contributed by atoms with Crippen molar-refractivity contribution in [2.24, 2.45) is 0 Å². The minimum absolute atomic E-state index is 0.0439. The first-order chi connectivity index (χ1) is 16.2. The Balaban J connectivity index is 1.61. The summed E-state index contributed by atoms with van der Waals surface area (Å²) in [6, 6.07) is 15.6. The number of aromatic amines is 1. The van der Waals surface area contributed by atoms with Gasteiger partial charge < -0.3 is 15.0 Å². The van der Waals surface area contributed by atoms with Crippen LogP contribution in [0.4, 0.5) is 0 Å². The smallest absolute Gasteiger partial charge is 0.254 e. The van der Waals surface area contributed by atoms with Gasteiger partial charge in [-0.2, -0.15) is 10.5 Å². The SMILES string of the molecule is Cc1cc(C)c(-c2[nH]c(C(C)(C)CO)nc2C#N)cc1C(=O)N1CC(c2ccc(C#N)cc2)C1. The van der Waals surface area contributed by atoms with Gasteiger partial charge in [-0.05, 0) is 48.7 Å². The lowest BCUT2D eigenvalue weighted by molar-refractivity contribution is 0.0601. The zero-order valence-electron chi connectivity index (χ0n) is 19.8. The third kappa shape index (κ3) is 4.07. The molecular weight excluding hydrogens is 426 g/mol. The number of nitrogens with one attached hydrogen (secondary N) is 1. The molecule has 1 aliphatic heterocycles. The van der Waals surface area contributed by atoms with Crippen molar-refractivity contribution in [2.75, 3.05) is 19.7 Å². The molecule has 1 aromatic heterocycles. The lowest BCUT2D eigenvalue weighted by atomic mass is 9.89. The van der Waals surface area contributed by atoms with Crippen LogP contribution in [-0.4, -0.2) is 45.6 Å². The van der Waals surface area contributed by atoms with E-state index in [1.54, 1.807) is 12.1 Å². The molecule has 0 spiro atoms. The van der Waals surface area contributed by atoms with Gasteiger partial charge in [-0.15, -0.1) is 0 Å². The van der Waals surface area contributed by atoms with E-state index in [0.29, 0.717) is 35.7 Å². The highest BCUT2D eigenvalue weighted by Gasteiger charge is 2.33. The molecule has 0 atom stereocenters. The van der Waals surface area contributed by atoms with Crippen LogP contribution in [0, 0.1) is 36.5 Å². The number of carbonyl (C=O) groups excluding carboxylic acids is 1. The second-order valence-electron chi connectivity index (χ2n) is 9.59. The highest BCUT2D eigenvalue weighted by atomic mass is 16.3. The number of rotatable bonds is 5. The van der Waals surface area contributed by atoms with Crippen molar-refractivity contribution >= 4 is 5.91 Å². The number of benzene rings is 2. The van der Waals surface area contributed by atoms with Crippen LogP contribution in [0.2, 0.25) is 0 Å². The molecule has 1 amide bonds. The van der Waals surface area contributed by atoms with Crippen molar-refractivity contribution in [1.29, 1.82) is 10.5 Å². The van der Waals surface area contributed by atoms with E-state index in [0.717, 1.165) is 22.3 Å². The van der Waals surface area contributed by atoms with Crippen molar-refractivity contribution in [3.63, 3.8) is 0 Å². The summed E-state index contributed by atoms with van der Waals surface area (Å²) in [6.07, 6.45) is 0. The first kappa shape index (κ1) is 23.2. The second kappa shape index (κ2) is 8.78. The van der Waals surface area contributed by atoms with Gasteiger partial charge in [0.25, 0.3) is 5.91 Å². The summed E-state index contributed by atoms with van der Waals surface area (Å²) in [5.74, 6) is 0.739. The minimum Gasteiger partial charge on any atom is -0.395 e. The van der Waals surface area contributed by atoms with Crippen LogP contribution in [0.3, 0.4) is 0 Å². The van der Waals surface area contributed by atoms with Gasteiger partial charge in [0.1, 0.15) is 11.9 Å². The molecule has 4 rings (SSSR count). The molecule has 0 aliphatic carbocycles. The van der Waals surface area contributed by atoms with Gasteiger partial charge in [-0.3, -0.25) is 4.79 Å². The van der Waals surface area contributed by atoms with Gasteiger partial charge in [0.2, 0.25) is 0 Å². The normalized spacial score (nSPS) is 13.8. The first-order valence-corrected chi connectivity index (χ1v) is 11.2. The van der Waals surface area contributed by atoms with E-state index in [-0.39, 0.29) is 24.1 Å². The maximum absolute atomic E-state index is 13.3. The third-order valence-corrected chi connectivity index (χ3v) is 6.60. The van der Waals surface area contributed by atoms with E-state index >= 15 is 0 Å². The number of hydrogen-bond acceptors (Lipinski definition) is 5. The fourth-order valence-electron chi connectivity index (χ4n) is 4.25. The Labute approximate surface area is 199 Å². The van der Waals surface area contributed by atoms with E-state index in [1.807, 2.05) is 56.9 Å². The molecule has 2 heterocycles. The second-order valence-corrected chi connectivity index (χ2v) is 9.59. The van der Waals surface area contributed by atoms with Crippen molar-refractivity contribution in [3.05, 3.63) is 75.7 Å². The van der Waals surface area contributed by atoms with Crippen LogP contribution in [0.1, 0.15) is 63.9 Å². The Hall–Kier alpha value is -3.94. The maximum Gasteiger partial charge on any atom is 0.254 e. The van der Waals surface area contributed by atoms with E-state index in [2.05, 4.69) is 22.1 Å². The number of carbonyl (C=O) groups is 1. The Morgan fingerprint density at radius 2 is 1.82 bits per heavy atom. The van der Waals surface area contributed by atoms with Crippen molar-refractivity contribution in [3.8, 4) is 23.4 Å². The van der Waals surface area contributed by atoms with Crippen LogP contribution < -0.4 is 0 Å². The van der Waals surface area contributed by atoms with Crippen LogP contribution in [-0.2, 0) is 5.41 Å². The molecule has 2 N–H and O–H groups in total. The number of aromatic nitrogens is 2. The van der Waals surface area contributed by atoms with Gasteiger partial charge >= 0.3 is 0 Å². The highest BCUT2D eigenvalue weighted by molar-refractivity contribution is 5.98. The molecule has 7 heteroatoms. The summed E-state index contributed by atoms with van der Waals surface area (Å²) in [5, 5.41) is 28.4. The van der Waals surface area contributed by atoms with Gasteiger partial charge in [-0.1, -0.05) is 32.0 Å². The molecule has 7 nitrogen and oxygen atoms in total. The molecule has 1 fully saturated rings. The lowest BCUT2D eigenvalue weighted by Crippen LogP contribution is -2.48. The quantitative estimate of drug-likeness (QED) is 0.607. The molecular formula is C27H27N5O2. The average molecular weight is 454 g/mol. The first-order valence-electron chi connectivity index (χ1n) is 11.2. The number of hydrogen-bond donors (Lipinski definition) is 2. The predicted octanol–water partition coefficient (Wildman–Crippen LogP) is 3.95. The van der Waals surface area contributed by atoms with Gasteiger partial charge in [0.05, 0.1) is 23.9 Å². The summed E-state index contributed by atoms with van der Waals surface area (Å²) >= 11 is 0. The topological polar surface area (TPSA) is 117 Å². The number of likely N-dealkylation sites (tertiary alicyclic amines) is 1. The van der Waals surface area contributed by atoms with Crippen molar-refractivity contribution in [1.82, 2.24) is 14.9 Å². The number of aryl methyl sites for hydroxylation is 2. The maximum atomic E-state index is 13.3. The standard InChI is InChI=1S/C27H27N5O2/c1-16-9-17(2)22(10-21(16)24-23(12-29)30-26(31-24)27(3,4)15-33)25(34)32-13-20(14-32)19-7-5-18(11-28)6-8-19/h5-10,20,33H,13-15H2,1-4H3,(H,30,31). The summed E-state index contributed by atoms with van der Waals surface area (Å²) in [6.45, 7) is 8.69. The Morgan fingerprint density at radius 3 is 2.41 bits per heavy atom. The molecule has 1 aliphatic rings. The number of aliphatic hydroxyl groups is 1. The lowest BCUT2D eigenvalue weighted by Gasteiger charge is -2.40. The van der Waals surface area contributed by atoms with Gasteiger partial charge in [-0.25, -0.2) is 4.98 Å². The van der Waals surface area contributed by atoms with Crippen LogP contribution in [0.15, 0.2) is 36.4 Å². The minimum atomic E-state index is -0.626. The molecule has 3 aromatic rings. The fraction of sp³-hybridized carbons (Fsp3) is 0.333. The number of amides is 1. The molecule has 0 saturated carbocycles. The number of imidazole rings is 1. The molecule has 1 saturated heterocycles. The Kier molecular flexibility index (Phi) is 6.00. The van der Waals surface area contributed by atoms with Crippen LogP contribution in [0.25, 0.3) is 11.3 Å². The summed E-state index contributed by atoms with van der Waals surface area (Å²) in [4.78, 5) is 22.8. The number of nitrogens with zero attached hydrogens (tertiary/aromatic N) is 4.